The molecule has 6 nitrogen and oxygen atoms in total. The molecule has 1 aliphatic rings. The van der Waals surface area contributed by atoms with Crippen LogP contribution in [-0.2, 0) is 21.2 Å². The van der Waals surface area contributed by atoms with Gasteiger partial charge in [0.2, 0.25) is 15.9 Å². The van der Waals surface area contributed by atoms with E-state index in [-0.39, 0.29) is 18.9 Å². The van der Waals surface area contributed by atoms with E-state index in [4.69, 9.17) is 4.74 Å². The Hall–Kier alpha value is -1.60. The van der Waals surface area contributed by atoms with Crippen molar-refractivity contribution >= 4 is 15.9 Å². The molecule has 0 radical (unpaired) electrons. The lowest BCUT2D eigenvalue weighted by Gasteiger charge is -2.23. The minimum absolute atomic E-state index is 0.0602. The summed E-state index contributed by atoms with van der Waals surface area (Å²) in [6, 6.07) is 7.59. The molecule has 0 spiro atoms. The van der Waals surface area contributed by atoms with Gasteiger partial charge in [-0.05, 0) is 37.0 Å². The molecule has 1 aromatic rings. The molecule has 0 aromatic heterocycles. The third-order valence-corrected chi connectivity index (χ3v) is 6.11. The van der Waals surface area contributed by atoms with Crippen LogP contribution in [0.3, 0.4) is 0 Å². The van der Waals surface area contributed by atoms with Gasteiger partial charge in [0.1, 0.15) is 5.75 Å². The number of carbonyl (C=O) groups is 1. The Morgan fingerprint density at radius 2 is 1.69 bits per heavy atom. The fourth-order valence-corrected chi connectivity index (χ4v) is 4.03. The summed E-state index contributed by atoms with van der Waals surface area (Å²) >= 11 is 0. The molecule has 146 valence electrons. The summed E-state index contributed by atoms with van der Waals surface area (Å²) in [4.78, 5) is 14.3. The number of hydrogen-bond acceptors (Lipinski definition) is 4. The molecule has 7 heteroatoms. The number of carbonyl (C=O) groups excluding carboxylic acids is 1. The van der Waals surface area contributed by atoms with Gasteiger partial charge in [-0.1, -0.05) is 25.0 Å². The number of sulfonamides is 1. The van der Waals surface area contributed by atoms with E-state index in [1.807, 2.05) is 29.2 Å². The van der Waals surface area contributed by atoms with E-state index in [0.29, 0.717) is 13.0 Å². The smallest absolute Gasteiger partial charge is 0.223 e. The zero-order valence-electron chi connectivity index (χ0n) is 15.8. The first-order valence-electron chi connectivity index (χ1n) is 9.26. The molecular formula is C19H30N2O4S. The van der Waals surface area contributed by atoms with E-state index in [2.05, 4.69) is 0 Å². The van der Waals surface area contributed by atoms with Crippen LogP contribution in [0.15, 0.2) is 24.3 Å². The lowest BCUT2D eigenvalue weighted by molar-refractivity contribution is -0.131. The Balaban J connectivity index is 1.89. The van der Waals surface area contributed by atoms with Crippen molar-refractivity contribution in [1.29, 1.82) is 0 Å². The van der Waals surface area contributed by atoms with E-state index in [1.54, 1.807) is 7.11 Å². The summed E-state index contributed by atoms with van der Waals surface area (Å²) in [5.74, 6) is 0.835. The third kappa shape index (κ3) is 6.61. The van der Waals surface area contributed by atoms with E-state index >= 15 is 0 Å². The number of ether oxygens (including phenoxy) is 1. The highest BCUT2D eigenvalue weighted by Gasteiger charge is 2.20. The number of nitrogens with zero attached hydrogens (tertiary/aromatic N) is 2. The number of likely N-dealkylation sites (tertiary alicyclic amines) is 1. The Bertz CT molecular complexity index is 665. The zero-order chi connectivity index (χ0) is 19.0. The zero-order valence-corrected chi connectivity index (χ0v) is 16.6. The van der Waals surface area contributed by atoms with Crippen molar-refractivity contribution in [3.8, 4) is 5.75 Å². The second kappa shape index (κ2) is 9.92. The summed E-state index contributed by atoms with van der Waals surface area (Å²) in [6.45, 7) is 2.20. The van der Waals surface area contributed by atoms with Gasteiger partial charge in [-0.25, -0.2) is 12.7 Å². The van der Waals surface area contributed by atoms with E-state index < -0.39 is 10.0 Å². The summed E-state index contributed by atoms with van der Waals surface area (Å²) in [6.07, 6.45) is 6.47. The largest absolute Gasteiger partial charge is 0.497 e. The molecule has 0 N–H and O–H groups in total. The van der Waals surface area contributed by atoms with Crippen LogP contribution in [0.1, 0.15) is 37.7 Å². The van der Waals surface area contributed by atoms with Crippen molar-refractivity contribution in [3.63, 3.8) is 0 Å². The monoisotopic (exact) mass is 382 g/mol. The fraction of sp³-hybridized carbons (Fsp3) is 0.632. The maximum Gasteiger partial charge on any atom is 0.223 e. The van der Waals surface area contributed by atoms with Crippen LogP contribution in [0.25, 0.3) is 0 Å². The lowest BCUT2D eigenvalue weighted by atomic mass is 10.1. The molecule has 0 saturated carbocycles. The summed E-state index contributed by atoms with van der Waals surface area (Å²) in [5.41, 5.74) is 1.04. The van der Waals surface area contributed by atoms with Crippen LogP contribution in [0.4, 0.5) is 0 Å². The third-order valence-electron chi connectivity index (χ3n) is 4.81. The molecule has 0 bridgehead atoms. The summed E-state index contributed by atoms with van der Waals surface area (Å²) in [7, 11) is -1.73. The number of methoxy groups -OCH3 is 1. The summed E-state index contributed by atoms with van der Waals surface area (Å²) in [5, 5.41) is 0. The molecule has 26 heavy (non-hydrogen) atoms. The van der Waals surface area contributed by atoms with Gasteiger partial charge in [0, 0.05) is 32.6 Å². The van der Waals surface area contributed by atoms with Gasteiger partial charge in [0.25, 0.3) is 0 Å². The molecule has 1 saturated heterocycles. The average Bonchev–Trinajstić information content (AvgIpc) is 2.90. The molecular weight excluding hydrogens is 352 g/mol. The second-order valence-corrected chi connectivity index (χ2v) is 8.79. The van der Waals surface area contributed by atoms with Gasteiger partial charge in [-0.15, -0.1) is 0 Å². The van der Waals surface area contributed by atoms with Gasteiger partial charge >= 0.3 is 0 Å². The van der Waals surface area contributed by atoms with Crippen LogP contribution < -0.4 is 4.74 Å². The normalized spacial score (nSPS) is 15.7. The molecule has 1 fully saturated rings. The minimum atomic E-state index is -3.34. The van der Waals surface area contributed by atoms with Crippen LogP contribution in [0.2, 0.25) is 0 Å². The second-order valence-electron chi connectivity index (χ2n) is 6.81. The summed E-state index contributed by atoms with van der Waals surface area (Å²) < 4.78 is 30.7. The molecule has 0 aliphatic carbocycles. The van der Waals surface area contributed by atoms with Crippen LogP contribution in [-0.4, -0.2) is 63.1 Å². The Kier molecular flexibility index (Phi) is 7.90. The van der Waals surface area contributed by atoms with Crippen molar-refractivity contribution < 1.29 is 17.9 Å². The molecule has 0 unspecified atom stereocenters. The van der Waals surface area contributed by atoms with Gasteiger partial charge in [-0.3, -0.25) is 4.79 Å². The molecule has 0 atom stereocenters. The maximum absolute atomic E-state index is 12.4. The topological polar surface area (TPSA) is 66.9 Å². The highest BCUT2D eigenvalue weighted by atomic mass is 32.2. The maximum atomic E-state index is 12.4. The first-order valence-corrected chi connectivity index (χ1v) is 11.1. The predicted molar refractivity (Wildman–Crippen MR) is 103 cm³/mol. The van der Waals surface area contributed by atoms with Crippen molar-refractivity contribution in [2.45, 2.75) is 38.5 Å². The molecule has 1 heterocycles. The quantitative estimate of drug-likeness (QED) is 0.692. The standard InChI is InChI=1S/C19H30N2O4S/c1-25-18-9-7-17(8-10-18)11-15-21(26(2,23)24)16-12-19(22)20-13-5-3-4-6-14-20/h7-10H,3-6,11-16H2,1-2H3. The molecule has 1 amide bonds. The number of hydrogen-bond donors (Lipinski definition) is 0. The van der Waals surface area contributed by atoms with Gasteiger partial charge in [0.15, 0.2) is 0 Å². The highest BCUT2D eigenvalue weighted by Crippen LogP contribution is 2.14. The van der Waals surface area contributed by atoms with Gasteiger partial charge in [-0.2, -0.15) is 0 Å². The van der Waals surface area contributed by atoms with Crippen molar-refractivity contribution in [1.82, 2.24) is 9.21 Å². The first-order chi connectivity index (χ1) is 12.4. The fourth-order valence-electron chi connectivity index (χ4n) is 3.19. The van der Waals surface area contributed by atoms with Crippen molar-refractivity contribution in [2.75, 3.05) is 39.5 Å². The van der Waals surface area contributed by atoms with Gasteiger partial charge < -0.3 is 9.64 Å². The number of rotatable bonds is 8. The van der Waals surface area contributed by atoms with E-state index in [9.17, 15) is 13.2 Å². The first kappa shape index (κ1) is 20.7. The molecule has 1 aliphatic heterocycles. The van der Waals surface area contributed by atoms with Crippen LogP contribution >= 0.6 is 0 Å². The number of amides is 1. The molecule has 2 rings (SSSR count). The van der Waals surface area contributed by atoms with Crippen LogP contribution in [0.5, 0.6) is 5.75 Å². The van der Waals surface area contributed by atoms with Crippen molar-refractivity contribution in [2.24, 2.45) is 0 Å². The number of benzene rings is 1. The Morgan fingerprint density at radius 3 is 2.23 bits per heavy atom. The minimum Gasteiger partial charge on any atom is -0.497 e. The predicted octanol–water partition coefficient (Wildman–Crippen LogP) is 2.29. The Morgan fingerprint density at radius 1 is 1.08 bits per heavy atom. The lowest BCUT2D eigenvalue weighted by Crippen LogP contribution is -2.38. The molecule has 1 aromatic carbocycles. The Labute approximate surface area is 157 Å². The average molecular weight is 383 g/mol. The van der Waals surface area contributed by atoms with Gasteiger partial charge in [0.05, 0.1) is 13.4 Å². The van der Waals surface area contributed by atoms with E-state index in [0.717, 1.165) is 37.2 Å². The van der Waals surface area contributed by atoms with Crippen molar-refractivity contribution in [3.05, 3.63) is 29.8 Å². The SMILES string of the molecule is COc1ccc(CCN(CCC(=O)N2CCCCCC2)S(C)(=O)=O)cc1. The van der Waals surface area contributed by atoms with E-state index in [1.165, 1.54) is 23.4 Å². The van der Waals surface area contributed by atoms with Crippen LogP contribution in [0, 0.1) is 0 Å². The highest BCUT2D eigenvalue weighted by molar-refractivity contribution is 7.88.